The van der Waals surface area contributed by atoms with Gasteiger partial charge in [0, 0.05) is 0 Å². The van der Waals surface area contributed by atoms with Crippen LogP contribution in [0.25, 0.3) is 0 Å². The zero-order chi connectivity index (χ0) is 13.6. The van der Waals surface area contributed by atoms with Crippen molar-refractivity contribution < 1.29 is 24.2 Å². The van der Waals surface area contributed by atoms with E-state index in [0.717, 1.165) is 0 Å². The molecule has 0 amide bonds. The first-order chi connectivity index (χ1) is 7.75. The van der Waals surface area contributed by atoms with Crippen molar-refractivity contribution in [2.24, 2.45) is 17.8 Å². The molecule has 0 aromatic carbocycles. The van der Waals surface area contributed by atoms with Gasteiger partial charge in [-0.25, -0.2) is 0 Å². The molecule has 0 heterocycles. The molecule has 0 spiro atoms. The number of carboxylic acid groups (broad SMARTS) is 1. The Balaban J connectivity index is 4.11. The summed E-state index contributed by atoms with van der Waals surface area (Å²) in [6.45, 7) is 9.12. The number of carbonyl (C=O) groups is 2. The summed E-state index contributed by atoms with van der Waals surface area (Å²) in [7, 11) is 0. The second kappa shape index (κ2) is 7.27. The molecule has 3 unspecified atom stereocenters. The van der Waals surface area contributed by atoms with Crippen LogP contribution in [0.3, 0.4) is 0 Å². The monoisotopic (exact) mass is 246 g/mol. The second-order valence-corrected chi connectivity index (χ2v) is 4.65. The Labute approximate surface area is 102 Å². The Kier molecular flexibility index (Phi) is 6.80. The highest BCUT2D eigenvalue weighted by Gasteiger charge is 2.28. The summed E-state index contributed by atoms with van der Waals surface area (Å²) in [4.78, 5) is 22.3. The molecule has 0 bridgehead atoms. The third kappa shape index (κ3) is 6.26. The van der Waals surface area contributed by atoms with Crippen molar-refractivity contribution >= 4 is 11.9 Å². The van der Waals surface area contributed by atoms with Crippen LogP contribution in [-0.2, 0) is 19.1 Å². The van der Waals surface area contributed by atoms with Crippen LogP contribution >= 0.6 is 0 Å². The molecule has 0 aliphatic heterocycles. The molecule has 0 radical (unpaired) electrons. The van der Waals surface area contributed by atoms with Crippen molar-refractivity contribution in [3.8, 4) is 0 Å². The molecule has 0 fully saturated rings. The number of aliphatic carboxylic acids is 1. The van der Waals surface area contributed by atoms with E-state index in [1.54, 1.807) is 6.92 Å². The lowest BCUT2D eigenvalue weighted by Gasteiger charge is -2.19. The third-order valence-electron chi connectivity index (χ3n) is 2.46. The molecule has 1 N–H and O–H groups in total. The molecule has 0 saturated carbocycles. The van der Waals surface area contributed by atoms with Gasteiger partial charge >= 0.3 is 11.9 Å². The number of ether oxygens (including phenoxy) is 2. The van der Waals surface area contributed by atoms with Gasteiger partial charge in [0.25, 0.3) is 0 Å². The predicted octanol–water partition coefficient (Wildman–Crippen LogP) is 1.90. The van der Waals surface area contributed by atoms with E-state index in [4.69, 9.17) is 14.6 Å². The van der Waals surface area contributed by atoms with Crippen molar-refractivity contribution in [2.45, 2.75) is 40.9 Å². The maximum absolute atomic E-state index is 11.6. The second-order valence-electron chi connectivity index (χ2n) is 4.65. The van der Waals surface area contributed by atoms with Crippen LogP contribution in [0.2, 0.25) is 0 Å². The Morgan fingerprint density at radius 1 is 1.06 bits per heavy atom. The highest BCUT2D eigenvalue weighted by molar-refractivity contribution is 5.80. The Morgan fingerprint density at radius 3 is 2.00 bits per heavy atom. The summed E-state index contributed by atoms with van der Waals surface area (Å²) in [5, 5.41) is 8.77. The summed E-state index contributed by atoms with van der Waals surface area (Å²) in [5.41, 5.74) is 0. The van der Waals surface area contributed by atoms with Gasteiger partial charge in [-0.15, -0.1) is 0 Å². The summed E-state index contributed by atoms with van der Waals surface area (Å²) in [5.74, 6) is -2.65. The fourth-order valence-electron chi connectivity index (χ4n) is 1.05. The molecule has 5 heteroatoms. The topological polar surface area (TPSA) is 72.8 Å². The van der Waals surface area contributed by atoms with Gasteiger partial charge in [-0.3, -0.25) is 9.59 Å². The Morgan fingerprint density at radius 2 is 1.59 bits per heavy atom. The molecule has 17 heavy (non-hydrogen) atoms. The van der Waals surface area contributed by atoms with Crippen molar-refractivity contribution in [1.82, 2.24) is 0 Å². The number of rotatable bonds is 7. The number of esters is 1. The van der Waals surface area contributed by atoms with E-state index in [1.165, 1.54) is 13.8 Å². The number of carbonyl (C=O) groups excluding carboxylic acids is 1. The number of carboxylic acids is 1. The van der Waals surface area contributed by atoms with Crippen molar-refractivity contribution in [3.63, 3.8) is 0 Å². The molecule has 100 valence electrons. The van der Waals surface area contributed by atoms with Crippen molar-refractivity contribution in [2.75, 3.05) is 6.61 Å². The fraction of sp³-hybridized carbons (Fsp3) is 0.833. The molecule has 0 aliphatic rings. The molecule has 0 aromatic rings. The highest BCUT2D eigenvalue weighted by atomic mass is 16.7. The zero-order valence-electron chi connectivity index (χ0n) is 11.1. The van der Waals surface area contributed by atoms with Gasteiger partial charge in [0.05, 0.1) is 18.4 Å². The average Bonchev–Trinajstić information content (AvgIpc) is 2.23. The van der Waals surface area contributed by atoms with Crippen molar-refractivity contribution in [1.29, 1.82) is 0 Å². The first kappa shape index (κ1) is 15.9. The van der Waals surface area contributed by atoms with Crippen LogP contribution in [0.1, 0.15) is 34.6 Å². The van der Waals surface area contributed by atoms with Gasteiger partial charge in [0.2, 0.25) is 0 Å². The summed E-state index contributed by atoms with van der Waals surface area (Å²) in [6, 6.07) is 0. The highest BCUT2D eigenvalue weighted by Crippen LogP contribution is 2.14. The fourth-order valence-corrected chi connectivity index (χ4v) is 1.05. The van der Waals surface area contributed by atoms with E-state index in [9.17, 15) is 9.59 Å². The minimum Gasteiger partial charge on any atom is -0.481 e. The Bertz CT molecular complexity index is 262. The van der Waals surface area contributed by atoms with E-state index in [-0.39, 0.29) is 0 Å². The molecule has 0 rings (SSSR count). The minimum atomic E-state index is -1.01. The predicted molar refractivity (Wildman–Crippen MR) is 62.3 cm³/mol. The first-order valence-electron chi connectivity index (χ1n) is 5.80. The number of hydrogen-bond donors (Lipinski definition) is 1. The van der Waals surface area contributed by atoms with E-state index >= 15 is 0 Å². The largest absolute Gasteiger partial charge is 0.481 e. The third-order valence-corrected chi connectivity index (χ3v) is 2.46. The maximum Gasteiger partial charge on any atom is 0.311 e. The quantitative estimate of drug-likeness (QED) is 0.548. The van der Waals surface area contributed by atoms with Crippen LogP contribution in [-0.4, -0.2) is 29.9 Å². The normalized spacial score (nSPS) is 16.4. The van der Waals surface area contributed by atoms with Crippen LogP contribution in [0, 0.1) is 17.8 Å². The first-order valence-corrected chi connectivity index (χ1v) is 5.80. The smallest absolute Gasteiger partial charge is 0.311 e. The summed E-state index contributed by atoms with van der Waals surface area (Å²) >= 11 is 0. The van der Waals surface area contributed by atoms with E-state index in [0.29, 0.717) is 12.5 Å². The molecular weight excluding hydrogens is 224 g/mol. The van der Waals surface area contributed by atoms with Crippen molar-refractivity contribution in [3.05, 3.63) is 0 Å². The molecule has 0 saturated heterocycles. The molecule has 0 aromatic heterocycles. The SMILES string of the molecule is CC(C)COC(C)OC(=O)C(C)C(C)C(=O)O. The lowest BCUT2D eigenvalue weighted by molar-refractivity contribution is -0.183. The summed E-state index contributed by atoms with van der Waals surface area (Å²) in [6.07, 6.45) is -0.645. The zero-order valence-corrected chi connectivity index (χ0v) is 11.1. The van der Waals surface area contributed by atoms with Gasteiger partial charge in [-0.2, -0.15) is 0 Å². The average molecular weight is 246 g/mol. The van der Waals surface area contributed by atoms with Crippen LogP contribution in [0.5, 0.6) is 0 Å². The van der Waals surface area contributed by atoms with Crippen LogP contribution in [0.15, 0.2) is 0 Å². The lowest BCUT2D eigenvalue weighted by Crippen LogP contribution is -2.30. The maximum atomic E-state index is 11.6. The minimum absolute atomic E-state index is 0.353. The van der Waals surface area contributed by atoms with E-state index in [2.05, 4.69) is 0 Å². The summed E-state index contributed by atoms with van der Waals surface area (Å²) < 4.78 is 10.3. The van der Waals surface area contributed by atoms with Gasteiger partial charge in [-0.1, -0.05) is 27.7 Å². The van der Waals surface area contributed by atoms with E-state index < -0.39 is 30.1 Å². The van der Waals surface area contributed by atoms with E-state index in [1.807, 2.05) is 13.8 Å². The van der Waals surface area contributed by atoms with Gasteiger partial charge in [0.1, 0.15) is 0 Å². The Hall–Kier alpha value is -1.10. The molecule has 0 aliphatic carbocycles. The molecule has 3 atom stereocenters. The van der Waals surface area contributed by atoms with Gasteiger partial charge in [-0.05, 0) is 12.8 Å². The van der Waals surface area contributed by atoms with Gasteiger partial charge in [0.15, 0.2) is 6.29 Å². The molecule has 5 nitrogen and oxygen atoms in total. The van der Waals surface area contributed by atoms with Crippen LogP contribution in [0.4, 0.5) is 0 Å². The van der Waals surface area contributed by atoms with Crippen LogP contribution < -0.4 is 0 Å². The number of hydrogen-bond acceptors (Lipinski definition) is 4. The lowest BCUT2D eigenvalue weighted by atomic mass is 9.96. The molecular formula is C12H22O5. The standard InChI is InChI=1S/C12H22O5/c1-7(2)6-16-10(5)17-12(15)9(4)8(3)11(13)14/h7-10H,6H2,1-5H3,(H,13,14). The van der Waals surface area contributed by atoms with Gasteiger partial charge < -0.3 is 14.6 Å².